The van der Waals surface area contributed by atoms with Crippen LogP contribution in [-0.2, 0) is 0 Å². The van der Waals surface area contributed by atoms with Crippen molar-refractivity contribution in [3.05, 3.63) is 29.8 Å². The van der Waals surface area contributed by atoms with Gasteiger partial charge in [-0.15, -0.1) is 0 Å². The second kappa shape index (κ2) is 7.88. The fourth-order valence-electron chi connectivity index (χ4n) is 2.41. The molecule has 1 aromatic carbocycles. The molecule has 0 unspecified atom stereocenters. The lowest BCUT2D eigenvalue weighted by molar-refractivity contribution is 0.0984. The van der Waals surface area contributed by atoms with E-state index in [0.29, 0.717) is 18.2 Å². The van der Waals surface area contributed by atoms with Gasteiger partial charge in [-0.1, -0.05) is 6.42 Å². The highest BCUT2D eigenvalue weighted by Gasteiger charge is 2.24. The molecule has 0 aromatic heterocycles. The maximum atomic E-state index is 8.96. The second-order valence-electron chi connectivity index (χ2n) is 5.18. The van der Waals surface area contributed by atoms with Crippen LogP contribution in [-0.4, -0.2) is 42.4 Å². The van der Waals surface area contributed by atoms with Crippen LogP contribution < -0.4 is 4.74 Å². The summed E-state index contributed by atoms with van der Waals surface area (Å²) in [5.74, 6) is 0.805. The number of nitriles is 1. The number of rotatable bonds is 8. The van der Waals surface area contributed by atoms with Crippen molar-refractivity contribution in [3.63, 3.8) is 0 Å². The Kier molecular flexibility index (Phi) is 5.85. The Morgan fingerprint density at radius 2 is 2.00 bits per heavy atom. The van der Waals surface area contributed by atoms with E-state index in [4.69, 9.17) is 15.1 Å². The third-order valence-electron chi connectivity index (χ3n) is 3.83. The third kappa shape index (κ3) is 4.22. The summed E-state index contributed by atoms with van der Waals surface area (Å²) in [6.45, 7) is 2.73. The van der Waals surface area contributed by atoms with Gasteiger partial charge in [-0.3, -0.25) is 4.90 Å². The molecule has 0 spiro atoms. The van der Waals surface area contributed by atoms with Gasteiger partial charge < -0.3 is 9.84 Å². The van der Waals surface area contributed by atoms with Crippen molar-refractivity contribution in [2.24, 2.45) is 0 Å². The van der Waals surface area contributed by atoms with E-state index in [9.17, 15) is 0 Å². The topological polar surface area (TPSA) is 56.5 Å². The Balaban J connectivity index is 1.75. The van der Waals surface area contributed by atoms with Crippen molar-refractivity contribution >= 4 is 0 Å². The van der Waals surface area contributed by atoms with E-state index in [0.717, 1.165) is 25.3 Å². The summed E-state index contributed by atoms with van der Waals surface area (Å²) in [4.78, 5) is 2.42. The zero-order chi connectivity index (χ0) is 14.2. The molecule has 1 aliphatic carbocycles. The van der Waals surface area contributed by atoms with E-state index >= 15 is 0 Å². The second-order valence-corrected chi connectivity index (χ2v) is 5.18. The van der Waals surface area contributed by atoms with Gasteiger partial charge in [0.1, 0.15) is 12.4 Å². The molecule has 1 aliphatic rings. The minimum atomic E-state index is 0.250. The monoisotopic (exact) mass is 274 g/mol. The van der Waals surface area contributed by atoms with Crippen LogP contribution in [0.1, 0.15) is 31.2 Å². The van der Waals surface area contributed by atoms with Crippen molar-refractivity contribution in [3.8, 4) is 11.8 Å². The van der Waals surface area contributed by atoms with E-state index in [1.54, 1.807) is 12.1 Å². The average molecular weight is 274 g/mol. The molecular weight excluding hydrogens is 252 g/mol. The van der Waals surface area contributed by atoms with Crippen LogP contribution >= 0.6 is 0 Å². The first-order valence-corrected chi connectivity index (χ1v) is 7.31. The molecular formula is C16H22N2O2. The Morgan fingerprint density at radius 3 is 2.55 bits per heavy atom. The van der Waals surface area contributed by atoms with Crippen molar-refractivity contribution in [1.82, 2.24) is 4.90 Å². The Labute approximate surface area is 120 Å². The minimum Gasteiger partial charge on any atom is -0.492 e. The van der Waals surface area contributed by atoms with E-state index in [2.05, 4.69) is 11.0 Å². The summed E-state index contributed by atoms with van der Waals surface area (Å²) in [5.41, 5.74) is 0.649. The zero-order valence-corrected chi connectivity index (χ0v) is 11.8. The van der Waals surface area contributed by atoms with Crippen molar-refractivity contribution in [1.29, 1.82) is 5.26 Å². The maximum absolute atomic E-state index is 8.96. The number of benzene rings is 1. The van der Waals surface area contributed by atoms with E-state index in [1.165, 1.54) is 19.3 Å². The molecule has 1 aromatic rings. The van der Waals surface area contributed by atoms with Crippen LogP contribution in [0.3, 0.4) is 0 Å². The molecule has 108 valence electrons. The van der Waals surface area contributed by atoms with Gasteiger partial charge in [0.25, 0.3) is 0 Å². The summed E-state index contributed by atoms with van der Waals surface area (Å²) >= 11 is 0. The summed E-state index contributed by atoms with van der Waals surface area (Å²) in [7, 11) is 0. The first-order valence-electron chi connectivity index (χ1n) is 7.31. The highest BCUT2D eigenvalue weighted by Crippen LogP contribution is 2.24. The molecule has 1 fully saturated rings. The summed E-state index contributed by atoms with van der Waals surface area (Å²) < 4.78 is 5.72. The zero-order valence-electron chi connectivity index (χ0n) is 11.8. The maximum Gasteiger partial charge on any atom is 0.119 e. The lowest BCUT2D eigenvalue weighted by Gasteiger charge is -2.37. The number of hydrogen-bond donors (Lipinski definition) is 1. The van der Waals surface area contributed by atoms with E-state index < -0.39 is 0 Å². The molecule has 0 atom stereocenters. The molecule has 0 saturated heterocycles. The lowest BCUT2D eigenvalue weighted by atomic mass is 9.91. The Bertz CT molecular complexity index is 435. The van der Waals surface area contributed by atoms with Gasteiger partial charge in [-0.25, -0.2) is 0 Å². The molecule has 0 radical (unpaired) electrons. The molecule has 0 heterocycles. The predicted molar refractivity (Wildman–Crippen MR) is 77.6 cm³/mol. The summed E-state index contributed by atoms with van der Waals surface area (Å²) in [6, 6.07) is 9.97. The highest BCUT2D eigenvalue weighted by atomic mass is 16.5. The lowest BCUT2D eigenvalue weighted by Crippen LogP contribution is -2.43. The summed E-state index contributed by atoms with van der Waals surface area (Å²) in [5, 5.41) is 17.7. The van der Waals surface area contributed by atoms with Gasteiger partial charge in [-0.05, 0) is 43.5 Å². The van der Waals surface area contributed by atoms with Crippen LogP contribution in [0.4, 0.5) is 0 Å². The van der Waals surface area contributed by atoms with Crippen LogP contribution in [0, 0.1) is 11.3 Å². The molecule has 1 saturated carbocycles. The van der Waals surface area contributed by atoms with Crippen LogP contribution in [0.25, 0.3) is 0 Å². The third-order valence-corrected chi connectivity index (χ3v) is 3.83. The van der Waals surface area contributed by atoms with E-state index in [1.807, 2.05) is 12.1 Å². The molecule has 20 heavy (non-hydrogen) atoms. The number of ether oxygens (including phenoxy) is 1. The van der Waals surface area contributed by atoms with Crippen LogP contribution in [0.2, 0.25) is 0 Å². The average Bonchev–Trinajstić information content (AvgIpc) is 2.43. The smallest absolute Gasteiger partial charge is 0.119 e. The predicted octanol–water partition coefficient (Wildman–Crippen LogP) is 2.17. The molecule has 4 nitrogen and oxygen atoms in total. The Morgan fingerprint density at radius 1 is 1.25 bits per heavy atom. The van der Waals surface area contributed by atoms with Gasteiger partial charge in [0.15, 0.2) is 0 Å². The SMILES string of the molecule is N#Cc1ccc(OCCN(CCCO)C2CCC2)cc1. The molecule has 0 aliphatic heterocycles. The first kappa shape index (κ1) is 14.8. The van der Waals surface area contributed by atoms with Crippen molar-refractivity contribution in [2.75, 3.05) is 26.3 Å². The normalized spacial score (nSPS) is 14.8. The van der Waals surface area contributed by atoms with Crippen LogP contribution in [0.15, 0.2) is 24.3 Å². The quantitative estimate of drug-likeness (QED) is 0.789. The largest absolute Gasteiger partial charge is 0.492 e. The molecule has 2 rings (SSSR count). The van der Waals surface area contributed by atoms with Crippen LogP contribution in [0.5, 0.6) is 5.75 Å². The standard InChI is InChI=1S/C16H22N2O2/c17-13-14-5-7-16(8-6-14)20-12-10-18(9-2-11-19)15-3-1-4-15/h5-8,15,19H,1-4,9-12H2. The molecule has 0 bridgehead atoms. The fourth-order valence-corrected chi connectivity index (χ4v) is 2.41. The van der Waals surface area contributed by atoms with Gasteiger partial charge >= 0.3 is 0 Å². The number of hydrogen-bond acceptors (Lipinski definition) is 4. The molecule has 4 heteroatoms. The minimum absolute atomic E-state index is 0.250. The number of aliphatic hydroxyl groups excluding tert-OH is 1. The van der Waals surface area contributed by atoms with Gasteiger partial charge in [-0.2, -0.15) is 5.26 Å². The molecule has 0 amide bonds. The highest BCUT2D eigenvalue weighted by molar-refractivity contribution is 5.34. The number of aliphatic hydroxyl groups is 1. The van der Waals surface area contributed by atoms with Crippen molar-refractivity contribution < 1.29 is 9.84 Å². The Hall–Kier alpha value is -1.57. The number of nitrogens with zero attached hydrogens (tertiary/aromatic N) is 2. The van der Waals surface area contributed by atoms with E-state index in [-0.39, 0.29) is 6.61 Å². The van der Waals surface area contributed by atoms with Gasteiger partial charge in [0.2, 0.25) is 0 Å². The summed E-state index contributed by atoms with van der Waals surface area (Å²) in [6.07, 6.45) is 4.68. The van der Waals surface area contributed by atoms with Crippen molar-refractivity contribution in [2.45, 2.75) is 31.7 Å². The van der Waals surface area contributed by atoms with Gasteiger partial charge in [0.05, 0.1) is 11.6 Å². The molecule has 1 N–H and O–H groups in total. The first-order chi connectivity index (χ1) is 9.83. The van der Waals surface area contributed by atoms with Gasteiger partial charge in [0, 0.05) is 25.7 Å². The fraction of sp³-hybridized carbons (Fsp3) is 0.562.